The van der Waals surface area contributed by atoms with Crippen LogP contribution in [-0.2, 0) is 0 Å². The summed E-state index contributed by atoms with van der Waals surface area (Å²) < 4.78 is 0. The van der Waals surface area contributed by atoms with E-state index in [0.29, 0.717) is 4.90 Å². The number of halogens is 1. The molecule has 1 aromatic carbocycles. The summed E-state index contributed by atoms with van der Waals surface area (Å²) in [6, 6.07) is 6.31. The zero-order chi connectivity index (χ0) is 13.1. The van der Waals surface area contributed by atoms with Crippen LogP contribution < -0.4 is 0 Å². The smallest absolute Gasteiger partial charge is 0.302 e. The standard InChI is InChI=1S/C11H7ClN2O3S/c12-9-5-13-6-10(14(16)17)11(9)18-8-3-1-7(15)2-4-8/h1-6,15H. The molecule has 7 heteroatoms. The van der Waals surface area contributed by atoms with Gasteiger partial charge in [-0.05, 0) is 24.3 Å². The molecule has 0 aliphatic heterocycles. The number of phenolic OH excluding ortho intramolecular Hbond substituents is 1. The molecule has 0 aliphatic carbocycles. The zero-order valence-corrected chi connectivity index (χ0v) is 10.5. The van der Waals surface area contributed by atoms with Crippen LogP contribution in [-0.4, -0.2) is 15.0 Å². The highest BCUT2D eigenvalue weighted by Crippen LogP contribution is 2.39. The number of aromatic hydroxyl groups is 1. The van der Waals surface area contributed by atoms with Crippen molar-refractivity contribution in [1.82, 2.24) is 4.98 Å². The number of hydrogen-bond acceptors (Lipinski definition) is 5. The summed E-state index contributed by atoms with van der Waals surface area (Å²) in [7, 11) is 0. The van der Waals surface area contributed by atoms with E-state index in [1.165, 1.54) is 18.3 Å². The summed E-state index contributed by atoms with van der Waals surface area (Å²) in [6.07, 6.45) is 2.52. The van der Waals surface area contributed by atoms with Gasteiger partial charge in [0, 0.05) is 11.1 Å². The van der Waals surface area contributed by atoms with Crippen LogP contribution in [0.1, 0.15) is 0 Å². The summed E-state index contributed by atoms with van der Waals surface area (Å²) in [5.41, 5.74) is -0.138. The van der Waals surface area contributed by atoms with Crippen LogP contribution >= 0.6 is 23.4 Å². The van der Waals surface area contributed by atoms with Gasteiger partial charge in [-0.15, -0.1) is 0 Å². The van der Waals surface area contributed by atoms with E-state index >= 15 is 0 Å². The van der Waals surface area contributed by atoms with E-state index in [0.717, 1.165) is 22.9 Å². The Morgan fingerprint density at radius 1 is 1.28 bits per heavy atom. The molecular weight excluding hydrogens is 276 g/mol. The van der Waals surface area contributed by atoms with Crippen LogP contribution in [0.3, 0.4) is 0 Å². The number of rotatable bonds is 3. The molecule has 0 bridgehead atoms. The van der Waals surface area contributed by atoms with Crippen molar-refractivity contribution >= 4 is 29.1 Å². The molecule has 2 aromatic rings. The lowest BCUT2D eigenvalue weighted by Gasteiger charge is -2.04. The number of nitro groups is 1. The second kappa shape index (κ2) is 5.24. The van der Waals surface area contributed by atoms with Gasteiger partial charge in [-0.25, -0.2) is 0 Å². The van der Waals surface area contributed by atoms with Crippen LogP contribution in [0, 0.1) is 10.1 Å². The number of hydrogen-bond donors (Lipinski definition) is 1. The molecule has 0 atom stereocenters. The van der Waals surface area contributed by atoms with Crippen molar-refractivity contribution in [2.75, 3.05) is 0 Å². The van der Waals surface area contributed by atoms with Crippen molar-refractivity contribution in [3.8, 4) is 5.75 Å². The summed E-state index contributed by atoms with van der Waals surface area (Å²) >= 11 is 7.07. The Hall–Kier alpha value is -1.79. The molecule has 5 nitrogen and oxygen atoms in total. The Kier molecular flexibility index (Phi) is 3.69. The molecule has 0 spiro atoms. The molecule has 0 aliphatic rings. The highest BCUT2D eigenvalue weighted by molar-refractivity contribution is 7.99. The zero-order valence-electron chi connectivity index (χ0n) is 8.91. The molecular formula is C11H7ClN2O3S. The number of pyridine rings is 1. The molecule has 0 radical (unpaired) electrons. The van der Waals surface area contributed by atoms with Crippen LogP contribution in [0.25, 0.3) is 0 Å². The monoisotopic (exact) mass is 282 g/mol. The first-order chi connectivity index (χ1) is 8.58. The second-order valence-corrected chi connectivity index (χ2v) is 4.81. The lowest BCUT2D eigenvalue weighted by molar-refractivity contribution is -0.388. The van der Waals surface area contributed by atoms with Gasteiger partial charge in [0.15, 0.2) is 0 Å². The molecule has 0 saturated carbocycles. The molecule has 1 N–H and O–H groups in total. The van der Waals surface area contributed by atoms with Gasteiger partial charge in [0.1, 0.15) is 16.8 Å². The largest absolute Gasteiger partial charge is 0.508 e. The van der Waals surface area contributed by atoms with Crippen molar-refractivity contribution in [2.24, 2.45) is 0 Å². The molecule has 0 amide bonds. The average molecular weight is 283 g/mol. The van der Waals surface area contributed by atoms with Crippen LogP contribution in [0.4, 0.5) is 5.69 Å². The van der Waals surface area contributed by atoms with Crippen molar-refractivity contribution < 1.29 is 10.0 Å². The Labute approximate surface area is 112 Å². The third-order valence-corrected chi connectivity index (χ3v) is 3.63. The lowest BCUT2D eigenvalue weighted by atomic mass is 10.3. The van der Waals surface area contributed by atoms with Crippen molar-refractivity contribution in [2.45, 2.75) is 9.79 Å². The van der Waals surface area contributed by atoms with Gasteiger partial charge in [-0.3, -0.25) is 15.1 Å². The van der Waals surface area contributed by atoms with E-state index in [-0.39, 0.29) is 16.5 Å². The number of benzene rings is 1. The topological polar surface area (TPSA) is 76.3 Å². The van der Waals surface area contributed by atoms with E-state index in [1.54, 1.807) is 12.1 Å². The summed E-state index contributed by atoms with van der Waals surface area (Å²) in [5, 5.41) is 20.3. The van der Waals surface area contributed by atoms with E-state index in [1.807, 2.05) is 0 Å². The lowest BCUT2D eigenvalue weighted by Crippen LogP contribution is -1.92. The summed E-state index contributed by atoms with van der Waals surface area (Å²) in [4.78, 5) is 15.1. The Morgan fingerprint density at radius 2 is 1.94 bits per heavy atom. The van der Waals surface area contributed by atoms with Gasteiger partial charge in [-0.2, -0.15) is 0 Å². The highest BCUT2D eigenvalue weighted by atomic mass is 35.5. The van der Waals surface area contributed by atoms with E-state index < -0.39 is 4.92 Å². The van der Waals surface area contributed by atoms with E-state index in [4.69, 9.17) is 16.7 Å². The van der Waals surface area contributed by atoms with Gasteiger partial charge >= 0.3 is 5.69 Å². The Balaban J connectivity index is 2.39. The average Bonchev–Trinajstić information content (AvgIpc) is 2.34. The Bertz CT molecular complexity index is 589. The molecule has 92 valence electrons. The molecule has 2 rings (SSSR count). The molecule has 1 aromatic heterocycles. The normalized spacial score (nSPS) is 10.3. The van der Waals surface area contributed by atoms with Crippen LogP contribution in [0.5, 0.6) is 5.75 Å². The maximum Gasteiger partial charge on any atom is 0.302 e. The first kappa shape index (κ1) is 12.7. The van der Waals surface area contributed by atoms with Crippen molar-refractivity contribution in [3.63, 3.8) is 0 Å². The van der Waals surface area contributed by atoms with Gasteiger partial charge in [0.05, 0.1) is 9.95 Å². The number of nitrogens with zero attached hydrogens (tertiary/aromatic N) is 2. The molecule has 0 fully saturated rings. The third-order valence-electron chi connectivity index (χ3n) is 2.09. The molecule has 0 saturated heterocycles. The van der Waals surface area contributed by atoms with Gasteiger partial charge in [-0.1, -0.05) is 23.4 Å². The van der Waals surface area contributed by atoms with Crippen LogP contribution in [0.2, 0.25) is 5.02 Å². The van der Waals surface area contributed by atoms with Crippen molar-refractivity contribution in [1.29, 1.82) is 0 Å². The maximum atomic E-state index is 10.9. The minimum absolute atomic E-state index is 0.134. The summed E-state index contributed by atoms with van der Waals surface area (Å²) in [6.45, 7) is 0. The minimum atomic E-state index is -0.526. The third kappa shape index (κ3) is 2.72. The fourth-order valence-corrected chi connectivity index (χ4v) is 2.43. The second-order valence-electron chi connectivity index (χ2n) is 3.32. The minimum Gasteiger partial charge on any atom is -0.508 e. The predicted octanol–water partition coefficient (Wildman–Crippen LogP) is 3.50. The van der Waals surface area contributed by atoms with E-state index in [9.17, 15) is 10.1 Å². The Morgan fingerprint density at radius 3 is 2.56 bits per heavy atom. The SMILES string of the molecule is O=[N+]([O-])c1cncc(Cl)c1Sc1ccc(O)cc1. The fourth-order valence-electron chi connectivity index (χ4n) is 1.28. The summed E-state index contributed by atoms with van der Waals surface area (Å²) in [5.74, 6) is 0.134. The van der Waals surface area contributed by atoms with Gasteiger partial charge < -0.3 is 5.11 Å². The van der Waals surface area contributed by atoms with Crippen LogP contribution in [0.15, 0.2) is 46.5 Å². The molecule has 18 heavy (non-hydrogen) atoms. The number of aromatic nitrogens is 1. The van der Waals surface area contributed by atoms with E-state index in [2.05, 4.69) is 4.98 Å². The highest BCUT2D eigenvalue weighted by Gasteiger charge is 2.18. The van der Waals surface area contributed by atoms with Crippen molar-refractivity contribution in [3.05, 3.63) is 51.8 Å². The predicted molar refractivity (Wildman–Crippen MR) is 68.1 cm³/mol. The molecule has 1 heterocycles. The molecule has 0 unspecified atom stereocenters. The first-order valence-corrected chi connectivity index (χ1v) is 6.02. The first-order valence-electron chi connectivity index (χ1n) is 4.82. The maximum absolute atomic E-state index is 10.9. The fraction of sp³-hybridized carbons (Fsp3) is 0. The number of phenols is 1. The van der Waals surface area contributed by atoms with Gasteiger partial charge in [0.25, 0.3) is 0 Å². The quantitative estimate of drug-likeness (QED) is 0.689. The van der Waals surface area contributed by atoms with Gasteiger partial charge in [0.2, 0.25) is 0 Å².